The van der Waals surface area contributed by atoms with Gasteiger partial charge in [-0.2, -0.15) is 0 Å². The van der Waals surface area contributed by atoms with Crippen LogP contribution >= 0.6 is 15.9 Å². The number of carbonyl (C=O) groups is 2. The number of hydrogen-bond acceptors (Lipinski definition) is 5. The molecule has 0 amide bonds. The van der Waals surface area contributed by atoms with Crippen LogP contribution in [0.15, 0.2) is 15.5 Å². The molecule has 5 nitrogen and oxygen atoms in total. The second-order valence-corrected chi connectivity index (χ2v) is 5.56. The number of esters is 1. The number of ketones is 1. The molecule has 0 fully saturated rings. The van der Waals surface area contributed by atoms with Crippen LogP contribution in [0.3, 0.4) is 0 Å². The monoisotopic (exact) mass is 409 g/mol. The van der Waals surface area contributed by atoms with E-state index < -0.39 is 51.2 Å². The smallest absolute Gasteiger partial charge is 0.322 e. The Labute approximate surface area is 144 Å². The molecule has 0 heterocycles. The molecule has 0 spiro atoms. The topological polar surface area (TPSA) is 76.0 Å². The van der Waals surface area contributed by atoms with E-state index in [4.69, 9.17) is 9.84 Å². The minimum absolute atomic E-state index is 0.0580. The molecule has 1 rings (SSSR count). The predicted molar refractivity (Wildman–Crippen MR) is 83.5 cm³/mol. The van der Waals surface area contributed by atoms with Gasteiger partial charge in [0.15, 0.2) is 23.3 Å². The van der Waals surface area contributed by atoms with Crippen molar-refractivity contribution >= 4 is 33.9 Å². The van der Waals surface area contributed by atoms with E-state index in [2.05, 4.69) is 20.9 Å². The van der Waals surface area contributed by atoms with Crippen LogP contribution < -0.4 is 0 Å². The molecule has 0 aliphatic heterocycles. The number of nitrogens with zero attached hydrogens (tertiary/aromatic N) is 1. The minimum atomic E-state index is -1.69. The minimum Gasteiger partial charge on any atom is -0.465 e. The zero-order chi connectivity index (χ0) is 18.4. The van der Waals surface area contributed by atoms with Crippen LogP contribution in [0.4, 0.5) is 13.2 Å². The molecule has 0 radical (unpaired) electrons. The Morgan fingerprint density at radius 1 is 1.38 bits per heavy atom. The van der Waals surface area contributed by atoms with Crippen LogP contribution in [0, 0.1) is 23.4 Å². The van der Waals surface area contributed by atoms with Crippen LogP contribution in [0.5, 0.6) is 0 Å². The fraction of sp³-hybridized carbons (Fsp3) is 0.400. The maximum atomic E-state index is 13.9. The van der Waals surface area contributed by atoms with Gasteiger partial charge in [0.25, 0.3) is 0 Å². The van der Waals surface area contributed by atoms with Crippen LogP contribution in [0.1, 0.15) is 24.2 Å². The molecule has 132 valence electrons. The quantitative estimate of drug-likeness (QED) is 0.187. The number of Topliss-reactive ketones (excluding diaryl/α,β-unsaturated/α-hetero) is 1. The predicted octanol–water partition coefficient (Wildman–Crippen LogP) is 2.68. The molecule has 0 saturated carbocycles. The first-order chi connectivity index (χ1) is 11.2. The molecule has 1 N–H and O–H groups in total. The summed E-state index contributed by atoms with van der Waals surface area (Å²) < 4.78 is 45.1. The Morgan fingerprint density at radius 2 is 2.00 bits per heavy atom. The van der Waals surface area contributed by atoms with Crippen molar-refractivity contribution in [3.8, 4) is 0 Å². The fourth-order valence-electron chi connectivity index (χ4n) is 1.67. The number of hydrogen-bond donors (Lipinski definition) is 1. The van der Waals surface area contributed by atoms with Gasteiger partial charge in [0.2, 0.25) is 0 Å². The molecule has 2 atom stereocenters. The van der Waals surface area contributed by atoms with Gasteiger partial charge in [-0.1, -0.05) is 0 Å². The molecule has 0 aromatic heterocycles. The summed E-state index contributed by atoms with van der Waals surface area (Å²) in [6.07, 6.45) is 0.874. The van der Waals surface area contributed by atoms with E-state index in [-0.39, 0.29) is 13.2 Å². The van der Waals surface area contributed by atoms with Crippen molar-refractivity contribution in [1.29, 1.82) is 0 Å². The van der Waals surface area contributed by atoms with E-state index in [1.807, 2.05) is 0 Å². The SMILES string of the molecule is CCOC(=O)C(C=N[C@@H](C)CO)C(=O)c1cc(F)c(Br)c(F)c1F. The van der Waals surface area contributed by atoms with Gasteiger partial charge in [0.1, 0.15) is 5.82 Å². The van der Waals surface area contributed by atoms with E-state index >= 15 is 0 Å². The summed E-state index contributed by atoms with van der Waals surface area (Å²) in [4.78, 5) is 28.0. The number of ether oxygens (including phenoxy) is 1. The summed E-state index contributed by atoms with van der Waals surface area (Å²) in [5, 5.41) is 8.91. The van der Waals surface area contributed by atoms with E-state index in [9.17, 15) is 22.8 Å². The lowest BCUT2D eigenvalue weighted by atomic mass is 9.97. The lowest BCUT2D eigenvalue weighted by Crippen LogP contribution is -2.29. The molecule has 1 aromatic rings. The average Bonchev–Trinajstić information content (AvgIpc) is 2.56. The fourth-order valence-corrected chi connectivity index (χ4v) is 1.96. The molecular weight excluding hydrogens is 395 g/mol. The van der Waals surface area contributed by atoms with Gasteiger partial charge < -0.3 is 9.84 Å². The zero-order valence-electron chi connectivity index (χ0n) is 12.9. The lowest BCUT2D eigenvalue weighted by molar-refractivity contribution is -0.144. The number of carbonyl (C=O) groups excluding carboxylic acids is 2. The number of aliphatic hydroxyl groups is 1. The van der Waals surface area contributed by atoms with Gasteiger partial charge in [-0.05, 0) is 35.8 Å². The van der Waals surface area contributed by atoms with Crippen molar-refractivity contribution in [2.24, 2.45) is 10.9 Å². The van der Waals surface area contributed by atoms with Crippen LogP contribution in [0.25, 0.3) is 0 Å². The van der Waals surface area contributed by atoms with Crippen LogP contribution in [0.2, 0.25) is 0 Å². The summed E-state index contributed by atoms with van der Waals surface area (Å²) in [6.45, 7) is 2.59. The van der Waals surface area contributed by atoms with Gasteiger partial charge in [-0.3, -0.25) is 14.6 Å². The average molecular weight is 410 g/mol. The summed E-state index contributed by atoms with van der Waals surface area (Å²) in [5.74, 6) is -8.30. The molecular formula is C15H15BrF3NO4. The lowest BCUT2D eigenvalue weighted by Gasteiger charge is -2.13. The third-order valence-corrected chi connectivity index (χ3v) is 3.67. The molecule has 0 saturated heterocycles. The summed E-state index contributed by atoms with van der Waals surface area (Å²) >= 11 is 2.52. The molecule has 24 heavy (non-hydrogen) atoms. The highest BCUT2D eigenvalue weighted by molar-refractivity contribution is 9.10. The van der Waals surface area contributed by atoms with Gasteiger partial charge in [0.05, 0.1) is 29.3 Å². The number of benzene rings is 1. The number of halogens is 4. The molecule has 0 aliphatic rings. The number of rotatable bonds is 7. The normalized spacial score (nSPS) is 13.8. The molecule has 1 unspecified atom stereocenters. The molecule has 0 aliphatic carbocycles. The van der Waals surface area contributed by atoms with Gasteiger partial charge in [0, 0.05) is 6.21 Å². The van der Waals surface area contributed by atoms with Gasteiger partial charge >= 0.3 is 5.97 Å². The summed E-state index contributed by atoms with van der Waals surface area (Å²) in [6, 6.07) is -0.140. The van der Waals surface area contributed by atoms with Crippen molar-refractivity contribution in [3.63, 3.8) is 0 Å². The molecule has 9 heteroatoms. The first-order valence-electron chi connectivity index (χ1n) is 6.92. The van der Waals surface area contributed by atoms with Crippen molar-refractivity contribution in [3.05, 3.63) is 33.6 Å². The highest BCUT2D eigenvalue weighted by atomic mass is 79.9. The largest absolute Gasteiger partial charge is 0.465 e. The maximum Gasteiger partial charge on any atom is 0.322 e. The van der Waals surface area contributed by atoms with E-state index in [0.29, 0.717) is 6.07 Å². The van der Waals surface area contributed by atoms with E-state index in [0.717, 1.165) is 6.21 Å². The summed E-state index contributed by atoms with van der Waals surface area (Å²) in [7, 11) is 0. The van der Waals surface area contributed by atoms with E-state index in [1.165, 1.54) is 13.8 Å². The number of aliphatic imine (C=N–C) groups is 1. The highest BCUT2D eigenvalue weighted by Crippen LogP contribution is 2.26. The molecule has 1 aromatic carbocycles. The van der Waals surface area contributed by atoms with Crippen molar-refractivity contribution in [2.45, 2.75) is 19.9 Å². The Kier molecular flexibility index (Phi) is 7.56. The van der Waals surface area contributed by atoms with Crippen molar-refractivity contribution in [2.75, 3.05) is 13.2 Å². The Hall–Kier alpha value is -1.74. The third-order valence-electron chi connectivity index (χ3n) is 2.94. The Bertz CT molecular complexity index is 667. The highest BCUT2D eigenvalue weighted by Gasteiger charge is 2.32. The zero-order valence-corrected chi connectivity index (χ0v) is 14.4. The van der Waals surface area contributed by atoms with Crippen molar-refractivity contribution in [1.82, 2.24) is 0 Å². The van der Waals surface area contributed by atoms with Crippen molar-refractivity contribution < 1.29 is 32.6 Å². The van der Waals surface area contributed by atoms with Gasteiger partial charge in [-0.15, -0.1) is 0 Å². The maximum absolute atomic E-state index is 13.9. The second kappa shape index (κ2) is 8.93. The Morgan fingerprint density at radius 3 is 2.54 bits per heavy atom. The van der Waals surface area contributed by atoms with Gasteiger partial charge in [-0.25, -0.2) is 13.2 Å². The number of aliphatic hydroxyl groups excluding tert-OH is 1. The molecule has 0 bridgehead atoms. The second-order valence-electron chi connectivity index (χ2n) is 4.77. The van der Waals surface area contributed by atoms with E-state index in [1.54, 1.807) is 0 Å². The first kappa shape index (κ1) is 20.3. The standard InChI is InChI=1S/C15H15BrF3NO4/c1-3-24-15(23)9(5-20-7(2)6-21)14(22)8-4-10(17)11(16)13(19)12(8)18/h4-5,7,9,21H,3,6H2,1-2H3/t7-,9?/m0/s1. The van der Waals surface area contributed by atoms with Crippen LogP contribution in [-0.4, -0.2) is 42.3 Å². The summed E-state index contributed by atoms with van der Waals surface area (Å²) in [5.41, 5.74) is -0.936. The first-order valence-corrected chi connectivity index (χ1v) is 7.71. The van der Waals surface area contributed by atoms with Crippen LogP contribution in [-0.2, 0) is 9.53 Å². The Balaban J connectivity index is 3.31. The third kappa shape index (κ3) is 4.64.